The molecular weight excluding hydrogens is 252 g/mol. The minimum absolute atomic E-state index is 0.229. The number of carboxylic acids is 1. The van der Waals surface area contributed by atoms with Gasteiger partial charge in [0.1, 0.15) is 6.04 Å². The molecule has 1 heterocycles. The van der Waals surface area contributed by atoms with Crippen molar-refractivity contribution in [1.82, 2.24) is 10.2 Å². The number of aliphatic carboxylic acids is 1. The van der Waals surface area contributed by atoms with E-state index < -0.39 is 12.0 Å². The number of nitrogens with one attached hydrogen (secondary N) is 1. The molecule has 2 atom stereocenters. The highest BCUT2D eigenvalue weighted by Crippen LogP contribution is 2.19. The minimum Gasteiger partial charge on any atom is -0.480 e. The molecule has 0 aliphatic carbocycles. The Bertz CT molecular complexity index is 299. The second kappa shape index (κ2) is 7.51. The van der Waals surface area contributed by atoms with Crippen LogP contribution in [0.2, 0.25) is 0 Å². The molecule has 0 aromatic carbocycles. The Morgan fingerprint density at radius 2 is 2.28 bits per heavy atom. The molecule has 0 bridgehead atoms. The molecule has 1 rings (SSSR count). The number of amides is 2. The average molecular weight is 274 g/mol. The van der Waals surface area contributed by atoms with E-state index in [0.717, 1.165) is 31.6 Å². The van der Waals surface area contributed by atoms with Gasteiger partial charge in [0.25, 0.3) is 0 Å². The number of urea groups is 1. The van der Waals surface area contributed by atoms with Crippen LogP contribution in [-0.4, -0.2) is 52.6 Å². The van der Waals surface area contributed by atoms with Gasteiger partial charge in [-0.25, -0.2) is 9.59 Å². The third-order valence-electron chi connectivity index (χ3n) is 3.32. The van der Waals surface area contributed by atoms with Gasteiger partial charge in [-0.05, 0) is 37.7 Å². The molecule has 18 heavy (non-hydrogen) atoms. The van der Waals surface area contributed by atoms with E-state index in [1.165, 1.54) is 0 Å². The topological polar surface area (TPSA) is 69.6 Å². The molecule has 1 aliphatic heterocycles. The lowest BCUT2D eigenvalue weighted by molar-refractivity contribution is -0.139. The van der Waals surface area contributed by atoms with Gasteiger partial charge < -0.3 is 15.3 Å². The summed E-state index contributed by atoms with van der Waals surface area (Å²) in [6.07, 6.45) is 5.35. The summed E-state index contributed by atoms with van der Waals surface area (Å²) in [5, 5.41) is 11.7. The molecule has 0 aromatic heterocycles. The summed E-state index contributed by atoms with van der Waals surface area (Å²) in [7, 11) is 0. The fourth-order valence-corrected chi connectivity index (χ4v) is 2.72. The second-order valence-electron chi connectivity index (χ2n) is 4.52. The average Bonchev–Trinajstić information content (AvgIpc) is 2.82. The zero-order valence-corrected chi connectivity index (χ0v) is 11.8. The fourth-order valence-electron chi connectivity index (χ4n) is 2.25. The summed E-state index contributed by atoms with van der Waals surface area (Å²) in [6, 6.07) is -0.740. The standard InChI is InChI=1S/C12H22N2O3S/c1-3-9-5-4-7-14(9)12(17)13-10(11(15)16)6-8-18-2/h9-10H,3-8H2,1-2H3,(H,13,17)(H,15,16)/t9?,10-/m0/s1. The first kappa shape index (κ1) is 15.1. The van der Waals surface area contributed by atoms with Crippen LogP contribution in [0.3, 0.4) is 0 Å². The van der Waals surface area contributed by atoms with Gasteiger partial charge >= 0.3 is 12.0 Å². The van der Waals surface area contributed by atoms with Crippen molar-refractivity contribution in [2.45, 2.75) is 44.7 Å². The van der Waals surface area contributed by atoms with Gasteiger partial charge in [0.2, 0.25) is 0 Å². The van der Waals surface area contributed by atoms with Crippen LogP contribution in [0.4, 0.5) is 4.79 Å². The highest BCUT2D eigenvalue weighted by molar-refractivity contribution is 7.98. The Balaban J connectivity index is 2.52. The van der Waals surface area contributed by atoms with Gasteiger partial charge in [0.15, 0.2) is 0 Å². The summed E-state index contributed by atoms with van der Waals surface area (Å²) in [5.74, 6) is -0.223. The zero-order valence-electron chi connectivity index (χ0n) is 11.0. The van der Waals surface area contributed by atoms with Crippen molar-refractivity contribution in [2.75, 3.05) is 18.6 Å². The maximum absolute atomic E-state index is 12.0. The van der Waals surface area contributed by atoms with E-state index in [1.807, 2.05) is 6.26 Å². The molecule has 1 saturated heterocycles. The first-order valence-corrected chi connectivity index (χ1v) is 7.78. The Morgan fingerprint density at radius 1 is 1.56 bits per heavy atom. The zero-order chi connectivity index (χ0) is 13.5. The maximum Gasteiger partial charge on any atom is 0.326 e. The van der Waals surface area contributed by atoms with Crippen molar-refractivity contribution in [3.63, 3.8) is 0 Å². The third kappa shape index (κ3) is 4.08. The van der Waals surface area contributed by atoms with Crippen molar-refractivity contribution < 1.29 is 14.7 Å². The number of carbonyl (C=O) groups excluding carboxylic acids is 1. The number of hydrogen-bond donors (Lipinski definition) is 2. The number of likely N-dealkylation sites (tertiary alicyclic amines) is 1. The lowest BCUT2D eigenvalue weighted by Gasteiger charge is -2.26. The van der Waals surface area contributed by atoms with Gasteiger partial charge in [0, 0.05) is 12.6 Å². The van der Waals surface area contributed by atoms with Crippen molar-refractivity contribution in [3.8, 4) is 0 Å². The minimum atomic E-state index is -0.954. The normalized spacial score (nSPS) is 20.8. The molecule has 1 aliphatic rings. The van der Waals surface area contributed by atoms with Crippen molar-refractivity contribution in [1.29, 1.82) is 0 Å². The van der Waals surface area contributed by atoms with Gasteiger partial charge in [0.05, 0.1) is 0 Å². The Labute approximate surface area is 112 Å². The smallest absolute Gasteiger partial charge is 0.326 e. The maximum atomic E-state index is 12.0. The largest absolute Gasteiger partial charge is 0.480 e. The van der Waals surface area contributed by atoms with Crippen LogP contribution >= 0.6 is 11.8 Å². The molecule has 2 amide bonds. The van der Waals surface area contributed by atoms with E-state index in [1.54, 1.807) is 16.7 Å². The SMILES string of the molecule is CCC1CCCN1C(=O)N[C@@H](CCSC)C(=O)O. The van der Waals surface area contributed by atoms with Crippen molar-refractivity contribution in [3.05, 3.63) is 0 Å². The molecule has 104 valence electrons. The van der Waals surface area contributed by atoms with Crippen LogP contribution in [0.1, 0.15) is 32.6 Å². The quantitative estimate of drug-likeness (QED) is 0.774. The Morgan fingerprint density at radius 3 is 2.83 bits per heavy atom. The summed E-state index contributed by atoms with van der Waals surface area (Å²) in [5.41, 5.74) is 0. The number of carboxylic acid groups (broad SMARTS) is 1. The molecule has 0 aromatic rings. The van der Waals surface area contributed by atoms with Crippen LogP contribution < -0.4 is 5.32 Å². The van der Waals surface area contributed by atoms with Crippen LogP contribution in [0.15, 0.2) is 0 Å². The second-order valence-corrected chi connectivity index (χ2v) is 5.51. The summed E-state index contributed by atoms with van der Waals surface area (Å²) in [6.45, 7) is 2.79. The number of carbonyl (C=O) groups is 2. The first-order valence-electron chi connectivity index (χ1n) is 6.39. The fraction of sp³-hybridized carbons (Fsp3) is 0.833. The lowest BCUT2D eigenvalue weighted by Crippen LogP contribution is -2.49. The van der Waals surface area contributed by atoms with E-state index in [0.29, 0.717) is 6.42 Å². The summed E-state index contributed by atoms with van der Waals surface area (Å²) < 4.78 is 0. The first-order chi connectivity index (χ1) is 8.60. The molecule has 2 N–H and O–H groups in total. The van der Waals surface area contributed by atoms with Gasteiger partial charge in [-0.3, -0.25) is 0 Å². The van der Waals surface area contributed by atoms with E-state index >= 15 is 0 Å². The van der Waals surface area contributed by atoms with Crippen LogP contribution in [0.25, 0.3) is 0 Å². The van der Waals surface area contributed by atoms with Gasteiger partial charge in [-0.1, -0.05) is 6.92 Å². The monoisotopic (exact) mass is 274 g/mol. The van der Waals surface area contributed by atoms with E-state index in [9.17, 15) is 9.59 Å². The van der Waals surface area contributed by atoms with Crippen LogP contribution in [-0.2, 0) is 4.79 Å². The third-order valence-corrected chi connectivity index (χ3v) is 3.96. The molecule has 0 saturated carbocycles. The number of hydrogen-bond acceptors (Lipinski definition) is 3. The highest BCUT2D eigenvalue weighted by atomic mass is 32.2. The van der Waals surface area contributed by atoms with Gasteiger partial charge in [-0.2, -0.15) is 11.8 Å². The predicted octanol–water partition coefficient (Wildman–Crippen LogP) is 1.78. The van der Waals surface area contributed by atoms with E-state index in [-0.39, 0.29) is 12.1 Å². The molecule has 6 heteroatoms. The summed E-state index contributed by atoms with van der Waals surface area (Å²) >= 11 is 1.58. The van der Waals surface area contributed by atoms with Gasteiger partial charge in [-0.15, -0.1) is 0 Å². The Hall–Kier alpha value is -0.910. The molecular formula is C12H22N2O3S. The van der Waals surface area contributed by atoms with Crippen molar-refractivity contribution in [2.24, 2.45) is 0 Å². The summed E-state index contributed by atoms with van der Waals surface area (Å²) in [4.78, 5) is 24.9. The Kier molecular flexibility index (Phi) is 6.32. The lowest BCUT2D eigenvalue weighted by atomic mass is 10.2. The molecule has 1 unspecified atom stereocenters. The predicted molar refractivity (Wildman–Crippen MR) is 73.0 cm³/mol. The number of rotatable bonds is 6. The molecule has 0 radical (unpaired) electrons. The van der Waals surface area contributed by atoms with Crippen LogP contribution in [0.5, 0.6) is 0 Å². The molecule has 1 fully saturated rings. The number of nitrogens with zero attached hydrogens (tertiary/aromatic N) is 1. The van der Waals surface area contributed by atoms with Crippen LogP contribution in [0, 0.1) is 0 Å². The van der Waals surface area contributed by atoms with E-state index in [2.05, 4.69) is 12.2 Å². The molecule has 5 nitrogen and oxygen atoms in total. The van der Waals surface area contributed by atoms with Crippen molar-refractivity contribution >= 4 is 23.8 Å². The highest BCUT2D eigenvalue weighted by Gasteiger charge is 2.29. The number of thioether (sulfide) groups is 1. The van der Waals surface area contributed by atoms with E-state index in [4.69, 9.17) is 5.11 Å². The molecule has 0 spiro atoms.